The number of nitrogens with zero attached hydrogens (tertiary/aromatic N) is 2. The maximum atomic E-state index is 11.9. The van der Waals surface area contributed by atoms with Crippen LogP contribution in [0.15, 0.2) is 60.7 Å². The molecule has 0 unspecified atom stereocenters. The first-order valence-electron chi connectivity index (χ1n) is 8.08. The zero-order valence-electron chi connectivity index (χ0n) is 13.4. The summed E-state index contributed by atoms with van der Waals surface area (Å²) in [4.78, 5) is 16.3. The summed E-state index contributed by atoms with van der Waals surface area (Å²) in [6.45, 7) is 0.553. The molecule has 1 heterocycles. The number of aryl methyl sites for hydroxylation is 1. The fraction of sp³-hybridized carbons (Fsp3) is 0.211. The SMILES string of the molecule is O=C(CCc1ccccc1)NCCc1nc(-c2ccccc2)n[nH]1. The molecule has 122 valence electrons. The molecular weight excluding hydrogens is 300 g/mol. The van der Waals surface area contributed by atoms with E-state index >= 15 is 0 Å². The molecule has 24 heavy (non-hydrogen) atoms. The van der Waals surface area contributed by atoms with Crippen LogP contribution in [0.2, 0.25) is 0 Å². The Morgan fingerprint density at radius 2 is 1.67 bits per heavy atom. The van der Waals surface area contributed by atoms with Crippen LogP contribution < -0.4 is 5.32 Å². The highest BCUT2D eigenvalue weighted by atomic mass is 16.1. The van der Waals surface area contributed by atoms with Gasteiger partial charge in [0.1, 0.15) is 5.82 Å². The highest BCUT2D eigenvalue weighted by molar-refractivity contribution is 5.76. The van der Waals surface area contributed by atoms with Crippen molar-refractivity contribution >= 4 is 5.91 Å². The van der Waals surface area contributed by atoms with Gasteiger partial charge in [-0.05, 0) is 12.0 Å². The van der Waals surface area contributed by atoms with Gasteiger partial charge in [-0.1, -0.05) is 60.7 Å². The minimum Gasteiger partial charge on any atom is -0.356 e. The molecule has 0 aliphatic heterocycles. The Morgan fingerprint density at radius 1 is 0.958 bits per heavy atom. The number of amides is 1. The van der Waals surface area contributed by atoms with Gasteiger partial charge in [0.05, 0.1) is 0 Å². The molecule has 0 aliphatic carbocycles. The molecule has 2 N–H and O–H groups in total. The van der Waals surface area contributed by atoms with Crippen LogP contribution in [0.25, 0.3) is 11.4 Å². The molecule has 0 radical (unpaired) electrons. The van der Waals surface area contributed by atoms with E-state index in [0.717, 1.165) is 17.8 Å². The number of aromatic nitrogens is 3. The van der Waals surface area contributed by atoms with Crippen molar-refractivity contribution in [2.45, 2.75) is 19.3 Å². The largest absolute Gasteiger partial charge is 0.356 e. The van der Waals surface area contributed by atoms with E-state index in [-0.39, 0.29) is 5.91 Å². The molecule has 0 spiro atoms. The lowest BCUT2D eigenvalue weighted by atomic mass is 10.1. The zero-order chi connectivity index (χ0) is 16.6. The number of nitrogens with one attached hydrogen (secondary N) is 2. The fourth-order valence-corrected chi connectivity index (χ4v) is 2.43. The number of benzene rings is 2. The Balaban J connectivity index is 1.42. The van der Waals surface area contributed by atoms with Crippen molar-refractivity contribution in [3.63, 3.8) is 0 Å². The molecule has 2 aromatic carbocycles. The topological polar surface area (TPSA) is 70.7 Å². The van der Waals surface area contributed by atoms with Gasteiger partial charge in [0, 0.05) is 24.9 Å². The Bertz CT molecular complexity index is 768. The number of carbonyl (C=O) groups excluding carboxylic acids is 1. The summed E-state index contributed by atoms with van der Waals surface area (Å²) in [5, 5.41) is 10.1. The molecule has 5 nitrogen and oxygen atoms in total. The summed E-state index contributed by atoms with van der Waals surface area (Å²) in [6.07, 6.45) is 1.89. The van der Waals surface area contributed by atoms with Crippen molar-refractivity contribution < 1.29 is 4.79 Å². The van der Waals surface area contributed by atoms with Gasteiger partial charge in [0.15, 0.2) is 5.82 Å². The van der Waals surface area contributed by atoms with E-state index in [1.54, 1.807) is 0 Å². The third kappa shape index (κ3) is 4.52. The zero-order valence-corrected chi connectivity index (χ0v) is 13.4. The van der Waals surface area contributed by atoms with E-state index in [4.69, 9.17) is 0 Å². The highest BCUT2D eigenvalue weighted by Gasteiger charge is 2.06. The second-order valence-corrected chi connectivity index (χ2v) is 5.56. The van der Waals surface area contributed by atoms with Crippen molar-refractivity contribution in [1.29, 1.82) is 0 Å². The van der Waals surface area contributed by atoms with Crippen LogP contribution in [0.4, 0.5) is 0 Å². The van der Waals surface area contributed by atoms with Crippen LogP contribution in [0.3, 0.4) is 0 Å². The Kier molecular flexibility index (Phi) is 5.35. The van der Waals surface area contributed by atoms with Crippen LogP contribution in [-0.2, 0) is 17.6 Å². The lowest BCUT2D eigenvalue weighted by Gasteiger charge is -2.04. The van der Waals surface area contributed by atoms with Gasteiger partial charge in [-0.3, -0.25) is 9.89 Å². The van der Waals surface area contributed by atoms with Crippen LogP contribution in [0.5, 0.6) is 0 Å². The average Bonchev–Trinajstić information content (AvgIpc) is 3.11. The standard InChI is InChI=1S/C19H20N4O/c24-18(12-11-15-7-3-1-4-8-15)20-14-13-17-21-19(23-22-17)16-9-5-2-6-10-16/h1-10H,11-14H2,(H,20,24)(H,21,22,23). The first-order valence-corrected chi connectivity index (χ1v) is 8.08. The van der Waals surface area contributed by atoms with Gasteiger partial charge in [-0.25, -0.2) is 4.98 Å². The van der Waals surface area contributed by atoms with Gasteiger partial charge in [0.2, 0.25) is 5.91 Å². The minimum absolute atomic E-state index is 0.0571. The lowest BCUT2D eigenvalue weighted by molar-refractivity contribution is -0.121. The molecular formula is C19H20N4O. The van der Waals surface area contributed by atoms with Gasteiger partial charge < -0.3 is 5.32 Å². The Morgan fingerprint density at radius 3 is 2.42 bits per heavy atom. The van der Waals surface area contributed by atoms with Gasteiger partial charge in [-0.2, -0.15) is 5.10 Å². The third-order valence-corrected chi connectivity index (χ3v) is 3.73. The summed E-state index contributed by atoms with van der Waals surface area (Å²) in [5.74, 6) is 1.51. The van der Waals surface area contributed by atoms with Gasteiger partial charge >= 0.3 is 0 Å². The number of rotatable bonds is 7. The number of H-pyrrole nitrogens is 1. The predicted octanol–water partition coefficient (Wildman–Crippen LogP) is 2.76. The van der Waals surface area contributed by atoms with E-state index in [0.29, 0.717) is 25.2 Å². The van der Waals surface area contributed by atoms with E-state index in [1.807, 2.05) is 60.7 Å². The smallest absolute Gasteiger partial charge is 0.220 e. The van der Waals surface area contributed by atoms with E-state index in [2.05, 4.69) is 20.5 Å². The summed E-state index contributed by atoms with van der Waals surface area (Å²) < 4.78 is 0. The second-order valence-electron chi connectivity index (χ2n) is 5.56. The van der Waals surface area contributed by atoms with E-state index in [1.165, 1.54) is 5.56 Å². The fourth-order valence-electron chi connectivity index (χ4n) is 2.43. The molecule has 0 saturated carbocycles. The van der Waals surface area contributed by atoms with Gasteiger partial charge in [0.25, 0.3) is 0 Å². The van der Waals surface area contributed by atoms with Crippen LogP contribution in [-0.4, -0.2) is 27.6 Å². The molecule has 0 bridgehead atoms. The maximum absolute atomic E-state index is 11.9. The minimum atomic E-state index is 0.0571. The quantitative estimate of drug-likeness (QED) is 0.703. The lowest BCUT2D eigenvalue weighted by Crippen LogP contribution is -2.26. The molecule has 0 saturated heterocycles. The number of hydrogen-bond acceptors (Lipinski definition) is 3. The van der Waals surface area contributed by atoms with Crippen molar-refractivity contribution in [2.24, 2.45) is 0 Å². The monoisotopic (exact) mass is 320 g/mol. The third-order valence-electron chi connectivity index (χ3n) is 3.73. The average molecular weight is 320 g/mol. The number of aromatic amines is 1. The summed E-state index contributed by atoms with van der Waals surface area (Å²) in [6, 6.07) is 19.8. The van der Waals surface area contributed by atoms with Crippen molar-refractivity contribution in [1.82, 2.24) is 20.5 Å². The molecule has 1 aromatic heterocycles. The van der Waals surface area contributed by atoms with Crippen LogP contribution in [0.1, 0.15) is 17.8 Å². The second kappa shape index (κ2) is 8.06. The Hall–Kier alpha value is -2.95. The molecule has 1 amide bonds. The van der Waals surface area contributed by atoms with E-state index < -0.39 is 0 Å². The first-order chi connectivity index (χ1) is 11.8. The highest BCUT2D eigenvalue weighted by Crippen LogP contribution is 2.13. The van der Waals surface area contributed by atoms with Crippen LogP contribution in [0, 0.1) is 0 Å². The number of carbonyl (C=O) groups is 1. The molecule has 3 rings (SSSR count). The normalized spacial score (nSPS) is 10.5. The molecule has 5 heteroatoms. The first kappa shape index (κ1) is 15.9. The maximum Gasteiger partial charge on any atom is 0.220 e. The Labute approximate surface area is 141 Å². The molecule has 0 aliphatic rings. The summed E-state index contributed by atoms with van der Waals surface area (Å²) >= 11 is 0. The predicted molar refractivity (Wildman–Crippen MR) is 93.3 cm³/mol. The molecule has 3 aromatic rings. The number of hydrogen-bond donors (Lipinski definition) is 2. The van der Waals surface area contributed by atoms with Gasteiger partial charge in [-0.15, -0.1) is 0 Å². The van der Waals surface area contributed by atoms with E-state index in [9.17, 15) is 4.79 Å². The van der Waals surface area contributed by atoms with Crippen molar-refractivity contribution in [3.8, 4) is 11.4 Å². The molecule has 0 fully saturated rings. The van der Waals surface area contributed by atoms with Crippen LogP contribution >= 0.6 is 0 Å². The van der Waals surface area contributed by atoms with Crippen molar-refractivity contribution in [3.05, 3.63) is 72.1 Å². The summed E-state index contributed by atoms with van der Waals surface area (Å²) in [7, 11) is 0. The van der Waals surface area contributed by atoms with Crippen molar-refractivity contribution in [2.75, 3.05) is 6.54 Å². The summed E-state index contributed by atoms with van der Waals surface area (Å²) in [5.41, 5.74) is 2.15. The molecule has 0 atom stereocenters.